The lowest BCUT2D eigenvalue weighted by Crippen LogP contribution is -2.40. The molecule has 2 heterocycles. The number of aromatic nitrogens is 1. The van der Waals surface area contributed by atoms with Gasteiger partial charge in [0.15, 0.2) is 0 Å². The van der Waals surface area contributed by atoms with E-state index in [9.17, 15) is 9.59 Å². The number of pyridine rings is 1. The number of aliphatic carboxylic acids is 1. The summed E-state index contributed by atoms with van der Waals surface area (Å²) in [5.41, 5.74) is 0.344. The largest absolute Gasteiger partial charge is 0.481 e. The van der Waals surface area contributed by atoms with Crippen molar-refractivity contribution in [2.24, 2.45) is 5.92 Å². The number of carboxylic acids is 1. The fraction of sp³-hybridized carbons (Fsp3) is 0.500. The molecule has 1 aromatic heterocycles. The Labute approximate surface area is 122 Å². The van der Waals surface area contributed by atoms with Gasteiger partial charge in [0.25, 0.3) is 5.91 Å². The molecule has 0 aromatic carbocycles. The number of halogens is 1. The van der Waals surface area contributed by atoms with Crippen molar-refractivity contribution >= 4 is 23.5 Å². The average molecular weight is 297 g/mol. The fourth-order valence-corrected chi connectivity index (χ4v) is 2.66. The number of carbonyl (C=O) groups is 2. The lowest BCUT2D eigenvalue weighted by atomic mass is 9.93. The third kappa shape index (κ3) is 3.93. The molecule has 1 aliphatic rings. The van der Waals surface area contributed by atoms with Crippen LogP contribution in [-0.4, -0.2) is 40.0 Å². The van der Waals surface area contributed by atoms with Crippen LogP contribution < -0.4 is 0 Å². The Morgan fingerprint density at radius 1 is 1.50 bits per heavy atom. The van der Waals surface area contributed by atoms with Crippen molar-refractivity contribution < 1.29 is 14.7 Å². The number of nitrogens with zero attached hydrogens (tertiary/aromatic N) is 2. The van der Waals surface area contributed by atoms with Crippen molar-refractivity contribution in [1.29, 1.82) is 0 Å². The molecule has 1 amide bonds. The molecule has 0 bridgehead atoms. The van der Waals surface area contributed by atoms with E-state index in [4.69, 9.17) is 16.7 Å². The van der Waals surface area contributed by atoms with Crippen molar-refractivity contribution in [3.05, 3.63) is 29.0 Å². The molecule has 2 rings (SSSR count). The van der Waals surface area contributed by atoms with Gasteiger partial charge in [-0.15, -0.1) is 0 Å². The van der Waals surface area contributed by atoms with Crippen LogP contribution in [0.15, 0.2) is 18.3 Å². The van der Waals surface area contributed by atoms with E-state index in [1.807, 2.05) is 0 Å². The van der Waals surface area contributed by atoms with Gasteiger partial charge < -0.3 is 10.0 Å². The molecule has 1 N–H and O–H groups in total. The molecule has 1 unspecified atom stereocenters. The second kappa shape index (κ2) is 6.70. The maximum absolute atomic E-state index is 12.3. The van der Waals surface area contributed by atoms with E-state index in [0.29, 0.717) is 30.2 Å². The number of hydrogen-bond acceptors (Lipinski definition) is 3. The lowest BCUT2D eigenvalue weighted by Gasteiger charge is -2.32. The molecule has 0 radical (unpaired) electrons. The van der Waals surface area contributed by atoms with Crippen LogP contribution in [0.5, 0.6) is 0 Å². The number of rotatable bonds is 4. The highest BCUT2D eigenvalue weighted by Crippen LogP contribution is 2.22. The van der Waals surface area contributed by atoms with Gasteiger partial charge in [-0.2, -0.15) is 0 Å². The van der Waals surface area contributed by atoms with Gasteiger partial charge in [-0.3, -0.25) is 14.6 Å². The van der Waals surface area contributed by atoms with Gasteiger partial charge in [-0.05, 0) is 37.3 Å². The molecule has 1 aliphatic heterocycles. The maximum Gasteiger partial charge on any atom is 0.303 e. The topological polar surface area (TPSA) is 70.5 Å². The molecule has 0 aliphatic carbocycles. The first-order valence-corrected chi connectivity index (χ1v) is 7.06. The number of likely N-dealkylation sites (tertiary alicyclic amines) is 1. The Kier molecular flexibility index (Phi) is 4.95. The SMILES string of the molecule is O=C(O)CCC1CCCN(C(=O)c2cc(Cl)ccn2)C1. The van der Waals surface area contributed by atoms with Gasteiger partial charge in [-0.25, -0.2) is 0 Å². The summed E-state index contributed by atoms with van der Waals surface area (Å²) in [4.78, 5) is 28.7. The Bertz CT molecular complexity index is 507. The maximum atomic E-state index is 12.3. The molecule has 5 nitrogen and oxygen atoms in total. The highest BCUT2D eigenvalue weighted by molar-refractivity contribution is 6.30. The molecule has 20 heavy (non-hydrogen) atoms. The molecule has 108 valence electrons. The normalized spacial score (nSPS) is 18.9. The van der Waals surface area contributed by atoms with Crippen LogP contribution in [0, 0.1) is 5.92 Å². The first-order valence-electron chi connectivity index (χ1n) is 6.69. The van der Waals surface area contributed by atoms with Crippen molar-refractivity contribution in [2.75, 3.05) is 13.1 Å². The lowest BCUT2D eigenvalue weighted by molar-refractivity contribution is -0.137. The molecule has 1 aromatic rings. The fourth-order valence-electron chi connectivity index (χ4n) is 2.50. The predicted octanol–water partition coefficient (Wildman–Crippen LogP) is 2.45. The van der Waals surface area contributed by atoms with E-state index in [-0.39, 0.29) is 18.2 Å². The van der Waals surface area contributed by atoms with Gasteiger partial charge in [0.1, 0.15) is 5.69 Å². The zero-order valence-electron chi connectivity index (χ0n) is 11.1. The van der Waals surface area contributed by atoms with Crippen LogP contribution >= 0.6 is 11.6 Å². The summed E-state index contributed by atoms with van der Waals surface area (Å²) in [6.45, 7) is 1.29. The second-order valence-electron chi connectivity index (χ2n) is 5.05. The summed E-state index contributed by atoms with van der Waals surface area (Å²) in [5, 5.41) is 9.21. The van der Waals surface area contributed by atoms with E-state index >= 15 is 0 Å². The summed E-state index contributed by atoms with van der Waals surface area (Å²) >= 11 is 5.87. The molecule has 0 spiro atoms. The van der Waals surface area contributed by atoms with Crippen molar-refractivity contribution in [3.8, 4) is 0 Å². The monoisotopic (exact) mass is 296 g/mol. The standard InChI is InChI=1S/C14H17ClN2O3/c15-11-5-6-16-12(8-11)14(20)17-7-1-2-10(9-17)3-4-13(18)19/h5-6,8,10H,1-4,7,9H2,(H,18,19). The van der Waals surface area contributed by atoms with Gasteiger partial charge in [-0.1, -0.05) is 11.6 Å². The summed E-state index contributed by atoms with van der Waals surface area (Å²) in [6, 6.07) is 3.19. The second-order valence-corrected chi connectivity index (χ2v) is 5.49. The first-order chi connectivity index (χ1) is 9.56. The zero-order valence-corrected chi connectivity index (χ0v) is 11.8. The van der Waals surface area contributed by atoms with Crippen LogP contribution in [-0.2, 0) is 4.79 Å². The summed E-state index contributed by atoms with van der Waals surface area (Å²) < 4.78 is 0. The van der Waals surface area contributed by atoms with E-state index in [2.05, 4.69) is 4.98 Å². The minimum atomic E-state index is -0.787. The molecule has 1 atom stereocenters. The summed E-state index contributed by atoms with van der Waals surface area (Å²) in [6.07, 6.45) is 4.16. The van der Waals surface area contributed by atoms with Gasteiger partial charge >= 0.3 is 5.97 Å². The van der Waals surface area contributed by atoms with Crippen LogP contribution in [0.2, 0.25) is 5.02 Å². The Morgan fingerprint density at radius 2 is 2.30 bits per heavy atom. The molecular formula is C14H17ClN2O3. The number of piperidine rings is 1. The third-order valence-corrected chi connectivity index (χ3v) is 3.75. The number of hydrogen-bond donors (Lipinski definition) is 1. The number of amides is 1. The van der Waals surface area contributed by atoms with Crippen molar-refractivity contribution in [3.63, 3.8) is 0 Å². The summed E-state index contributed by atoms with van der Waals surface area (Å²) in [5.74, 6) is -0.666. The summed E-state index contributed by atoms with van der Waals surface area (Å²) in [7, 11) is 0. The quantitative estimate of drug-likeness (QED) is 0.926. The molecule has 1 saturated heterocycles. The van der Waals surface area contributed by atoms with E-state index < -0.39 is 5.97 Å². The molecule has 1 fully saturated rings. The van der Waals surface area contributed by atoms with E-state index in [0.717, 1.165) is 12.8 Å². The molecular weight excluding hydrogens is 280 g/mol. The van der Waals surface area contributed by atoms with Crippen LogP contribution in [0.25, 0.3) is 0 Å². The van der Waals surface area contributed by atoms with Crippen LogP contribution in [0.4, 0.5) is 0 Å². The van der Waals surface area contributed by atoms with Gasteiger partial charge in [0.2, 0.25) is 0 Å². The molecule has 6 heteroatoms. The Morgan fingerprint density at radius 3 is 3.00 bits per heavy atom. The van der Waals surface area contributed by atoms with Gasteiger partial charge in [0.05, 0.1) is 0 Å². The minimum Gasteiger partial charge on any atom is -0.481 e. The number of carbonyl (C=O) groups excluding carboxylic acids is 1. The smallest absolute Gasteiger partial charge is 0.303 e. The number of carboxylic acid groups (broad SMARTS) is 1. The first kappa shape index (κ1) is 14.8. The van der Waals surface area contributed by atoms with E-state index in [1.54, 1.807) is 17.0 Å². The minimum absolute atomic E-state index is 0.132. The van der Waals surface area contributed by atoms with Crippen LogP contribution in [0.1, 0.15) is 36.2 Å². The van der Waals surface area contributed by atoms with E-state index in [1.165, 1.54) is 6.20 Å². The molecule has 0 saturated carbocycles. The van der Waals surface area contributed by atoms with Crippen molar-refractivity contribution in [2.45, 2.75) is 25.7 Å². The Hall–Kier alpha value is -1.62. The highest BCUT2D eigenvalue weighted by Gasteiger charge is 2.25. The average Bonchev–Trinajstić information content (AvgIpc) is 2.44. The zero-order chi connectivity index (χ0) is 14.5. The van der Waals surface area contributed by atoms with Gasteiger partial charge in [0, 0.05) is 30.7 Å². The Balaban J connectivity index is 1.98. The van der Waals surface area contributed by atoms with Crippen molar-refractivity contribution in [1.82, 2.24) is 9.88 Å². The highest BCUT2D eigenvalue weighted by atomic mass is 35.5. The van der Waals surface area contributed by atoms with Crippen LogP contribution in [0.3, 0.4) is 0 Å². The predicted molar refractivity (Wildman–Crippen MR) is 74.7 cm³/mol. The third-order valence-electron chi connectivity index (χ3n) is 3.51.